The van der Waals surface area contributed by atoms with Gasteiger partial charge in [-0.1, -0.05) is 17.3 Å². The van der Waals surface area contributed by atoms with Gasteiger partial charge in [0.25, 0.3) is 17.6 Å². The fourth-order valence-corrected chi connectivity index (χ4v) is 6.43. The van der Waals surface area contributed by atoms with Crippen LogP contribution in [0.25, 0.3) is 17.5 Å². The molecule has 8 heteroatoms. The fraction of sp³-hybridized carbons (Fsp3) is 0.545. The predicted molar refractivity (Wildman–Crippen MR) is 110 cm³/mol. The van der Waals surface area contributed by atoms with Crippen LogP contribution < -0.4 is 10.6 Å². The molecular formula is C22H25N5O3. The molecule has 2 aromatic heterocycles. The minimum atomic E-state index is -0.466. The van der Waals surface area contributed by atoms with Gasteiger partial charge in [-0.3, -0.25) is 9.78 Å². The highest BCUT2D eigenvalue weighted by molar-refractivity contribution is 5.91. The Kier molecular flexibility index (Phi) is 3.84. The van der Waals surface area contributed by atoms with Gasteiger partial charge < -0.3 is 20.3 Å². The second-order valence-corrected chi connectivity index (χ2v) is 9.38. The molecule has 4 fully saturated rings. The summed E-state index contributed by atoms with van der Waals surface area (Å²) in [7, 11) is 1.54. The zero-order chi connectivity index (χ0) is 20.5. The number of aliphatic hydroxyl groups is 1. The molecule has 5 aliphatic carbocycles. The molecule has 2 aromatic rings. The van der Waals surface area contributed by atoms with Gasteiger partial charge in [0, 0.05) is 31.3 Å². The molecule has 4 saturated carbocycles. The van der Waals surface area contributed by atoms with E-state index in [4.69, 9.17) is 4.52 Å². The Balaban J connectivity index is 1.39. The standard InChI is InChI=1S/C22H25N5O3/c1-23-20(28)19-26-21(30-27-19)15-10-24-16-4-2-3-14(16)18(15)25-17-12-5-11-6-13(17)9-22(29,7-11)8-12/h2-3,10-13,17,29H,4-9H2,1H3,(H,23,28)(H,24,25). The molecule has 0 radical (unpaired) electrons. The van der Waals surface area contributed by atoms with E-state index in [2.05, 4.69) is 37.9 Å². The third-order valence-electron chi connectivity index (χ3n) is 7.43. The zero-order valence-corrected chi connectivity index (χ0v) is 16.9. The number of pyridine rings is 1. The summed E-state index contributed by atoms with van der Waals surface area (Å²) in [6, 6.07) is 0.308. The average molecular weight is 407 g/mol. The first-order valence-corrected chi connectivity index (χ1v) is 10.8. The number of carbonyl (C=O) groups excluding carboxylic acids is 1. The first-order chi connectivity index (χ1) is 14.5. The van der Waals surface area contributed by atoms with E-state index >= 15 is 0 Å². The Morgan fingerprint density at radius 3 is 2.80 bits per heavy atom. The van der Waals surface area contributed by atoms with E-state index in [1.807, 2.05) is 0 Å². The molecule has 0 aromatic carbocycles. The van der Waals surface area contributed by atoms with E-state index in [-0.39, 0.29) is 17.6 Å². The van der Waals surface area contributed by atoms with Gasteiger partial charge in [-0.2, -0.15) is 4.98 Å². The van der Waals surface area contributed by atoms with E-state index < -0.39 is 5.60 Å². The maximum Gasteiger partial charge on any atom is 0.292 e. The summed E-state index contributed by atoms with van der Waals surface area (Å²) in [6.07, 6.45) is 11.8. The Labute approximate surface area is 174 Å². The van der Waals surface area contributed by atoms with Crippen molar-refractivity contribution >= 4 is 17.7 Å². The van der Waals surface area contributed by atoms with E-state index in [0.717, 1.165) is 48.2 Å². The molecule has 4 bridgehead atoms. The van der Waals surface area contributed by atoms with Crippen molar-refractivity contribution in [2.45, 2.75) is 50.2 Å². The minimum Gasteiger partial charge on any atom is -0.390 e. The molecule has 30 heavy (non-hydrogen) atoms. The molecule has 2 atom stereocenters. The molecule has 1 amide bonds. The van der Waals surface area contributed by atoms with Crippen molar-refractivity contribution in [1.82, 2.24) is 20.4 Å². The smallest absolute Gasteiger partial charge is 0.292 e. The number of allylic oxidation sites excluding steroid dienone is 1. The maximum atomic E-state index is 11.9. The Bertz CT molecular complexity index is 1050. The number of aromatic nitrogens is 3. The second-order valence-electron chi connectivity index (χ2n) is 9.38. The molecule has 2 unspecified atom stereocenters. The lowest BCUT2D eigenvalue weighted by molar-refractivity contribution is -0.129. The van der Waals surface area contributed by atoms with Gasteiger partial charge in [0.15, 0.2) is 0 Å². The van der Waals surface area contributed by atoms with Crippen LogP contribution in [-0.4, -0.2) is 44.8 Å². The second kappa shape index (κ2) is 6.38. The Hall–Kier alpha value is -2.74. The van der Waals surface area contributed by atoms with Crippen LogP contribution in [0.5, 0.6) is 0 Å². The van der Waals surface area contributed by atoms with E-state index in [0.29, 0.717) is 23.8 Å². The van der Waals surface area contributed by atoms with Crippen LogP contribution in [0.15, 0.2) is 16.8 Å². The molecule has 8 nitrogen and oxygen atoms in total. The first kappa shape index (κ1) is 18.1. The Morgan fingerprint density at radius 1 is 1.27 bits per heavy atom. The van der Waals surface area contributed by atoms with E-state index in [1.165, 1.54) is 19.9 Å². The zero-order valence-electron chi connectivity index (χ0n) is 16.9. The molecule has 3 N–H and O–H groups in total. The summed E-state index contributed by atoms with van der Waals surface area (Å²) in [6.45, 7) is 0. The summed E-state index contributed by atoms with van der Waals surface area (Å²) in [5.41, 5.74) is 3.28. The van der Waals surface area contributed by atoms with Crippen LogP contribution in [0.4, 0.5) is 5.69 Å². The van der Waals surface area contributed by atoms with E-state index in [1.54, 1.807) is 6.20 Å². The molecule has 156 valence electrons. The lowest BCUT2D eigenvalue weighted by atomic mass is 9.52. The topological polar surface area (TPSA) is 113 Å². The van der Waals surface area contributed by atoms with Crippen LogP contribution in [-0.2, 0) is 6.42 Å². The molecule has 2 heterocycles. The number of hydrogen-bond donors (Lipinski definition) is 3. The fourth-order valence-electron chi connectivity index (χ4n) is 6.43. The normalized spacial score (nSPS) is 33.0. The van der Waals surface area contributed by atoms with Gasteiger partial charge in [0.05, 0.1) is 22.5 Å². The highest BCUT2D eigenvalue weighted by Crippen LogP contribution is 2.56. The SMILES string of the molecule is CNC(=O)c1noc(-c2cnc3c(c2NC2C4CC5CC2CC(O)(C5)C4)C=CC3)n1. The van der Waals surface area contributed by atoms with Crippen LogP contribution in [0.3, 0.4) is 0 Å². The van der Waals surface area contributed by atoms with Crippen LogP contribution in [0, 0.1) is 17.8 Å². The van der Waals surface area contributed by atoms with Crippen molar-refractivity contribution in [3.8, 4) is 11.5 Å². The average Bonchev–Trinajstić information content (AvgIpc) is 3.38. The molecule has 0 saturated heterocycles. The predicted octanol–water partition coefficient (Wildman–Crippen LogP) is 2.41. The van der Waals surface area contributed by atoms with Gasteiger partial charge in [-0.15, -0.1) is 0 Å². The maximum absolute atomic E-state index is 11.9. The molecule has 0 aliphatic heterocycles. The third kappa shape index (κ3) is 2.70. The summed E-state index contributed by atoms with van der Waals surface area (Å²) >= 11 is 0. The number of hydrogen-bond acceptors (Lipinski definition) is 7. The lowest BCUT2D eigenvalue weighted by Crippen LogP contribution is -2.59. The van der Waals surface area contributed by atoms with Gasteiger partial charge in [-0.25, -0.2) is 0 Å². The number of fused-ring (bicyclic) bond motifs is 1. The van der Waals surface area contributed by atoms with Gasteiger partial charge >= 0.3 is 0 Å². The molecule has 0 spiro atoms. The molecular weight excluding hydrogens is 382 g/mol. The monoisotopic (exact) mass is 407 g/mol. The van der Waals surface area contributed by atoms with Crippen molar-refractivity contribution in [1.29, 1.82) is 0 Å². The minimum absolute atomic E-state index is 0.00587. The first-order valence-electron chi connectivity index (χ1n) is 10.8. The third-order valence-corrected chi connectivity index (χ3v) is 7.43. The van der Waals surface area contributed by atoms with Crippen molar-refractivity contribution < 1.29 is 14.4 Å². The number of carbonyl (C=O) groups is 1. The summed E-state index contributed by atoms with van der Waals surface area (Å²) in [5.74, 6) is 1.49. The number of rotatable bonds is 4. The Morgan fingerprint density at radius 2 is 2.07 bits per heavy atom. The van der Waals surface area contributed by atoms with E-state index in [9.17, 15) is 9.90 Å². The molecule has 5 aliphatic rings. The van der Waals surface area contributed by atoms with Gasteiger partial charge in [0.2, 0.25) is 0 Å². The summed E-state index contributed by atoms with van der Waals surface area (Å²) in [4.78, 5) is 20.8. The highest BCUT2D eigenvalue weighted by Gasteiger charge is 2.54. The lowest BCUT2D eigenvalue weighted by Gasteiger charge is -2.58. The van der Waals surface area contributed by atoms with Crippen molar-refractivity contribution in [2.24, 2.45) is 17.8 Å². The van der Waals surface area contributed by atoms with Crippen molar-refractivity contribution in [3.63, 3.8) is 0 Å². The summed E-state index contributed by atoms with van der Waals surface area (Å²) in [5, 5.41) is 21.1. The van der Waals surface area contributed by atoms with Gasteiger partial charge in [0.1, 0.15) is 0 Å². The summed E-state index contributed by atoms with van der Waals surface area (Å²) < 4.78 is 5.43. The van der Waals surface area contributed by atoms with Crippen molar-refractivity contribution in [3.05, 3.63) is 29.4 Å². The number of amides is 1. The van der Waals surface area contributed by atoms with Crippen molar-refractivity contribution in [2.75, 3.05) is 12.4 Å². The van der Waals surface area contributed by atoms with Crippen LogP contribution in [0.1, 0.15) is 54.0 Å². The van der Waals surface area contributed by atoms with Gasteiger partial charge in [-0.05, 0) is 49.9 Å². The number of nitrogens with zero attached hydrogens (tertiary/aromatic N) is 3. The number of anilines is 1. The van der Waals surface area contributed by atoms with Crippen LogP contribution >= 0.6 is 0 Å². The molecule has 7 rings (SSSR count). The quantitative estimate of drug-likeness (QED) is 0.713. The number of nitrogens with one attached hydrogen (secondary N) is 2. The largest absolute Gasteiger partial charge is 0.390 e. The van der Waals surface area contributed by atoms with Crippen LogP contribution in [0.2, 0.25) is 0 Å². The highest BCUT2D eigenvalue weighted by atomic mass is 16.5.